The molecule has 0 aromatic carbocycles. The predicted octanol–water partition coefficient (Wildman–Crippen LogP) is 0.213. The van der Waals surface area contributed by atoms with Crippen LogP contribution in [0.2, 0.25) is 0 Å². The van der Waals surface area contributed by atoms with Gasteiger partial charge < -0.3 is 5.32 Å². The van der Waals surface area contributed by atoms with Crippen molar-refractivity contribution < 1.29 is 4.79 Å². The fourth-order valence-electron chi connectivity index (χ4n) is 0.824. The van der Waals surface area contributed by atoms with E-state index in [1.165, 1.54) is 0 Å². The van der Waals surface area contributed by atoms with Crippen molar-refractivity contribution in [1.82, 2.24) is 5.32 Å². The number of nitrogens with one attached hydrogen (secondary N) is 1. The Morgan fingerprint density at radius 2 is 2.40 bits per heavy atom. The van der Waals surface area contributed by atoms with Crippen LogP contribution in [0.15, 0.2) is 4.99 Å². The lowest BCUT2D eigenvalue weighted by Gasteiger charge is -2.03. The molecular formula is C7H12N2O. The molecule has 0 aliphatic carbocycles. The van der Waals surface area contributed by atoms with Crippen molar-refractivity contribution in [2.24, 2.45) is 10.9 Å². The maximum Gasteiger partial charge on any atom is 0.264 e. The smallest absolute Gasteiger partial charge is 0.264 e. The lowest BCUT2D eigenvalue weighted by molar-refractivity contribution is -0.114. The summed E-state index contributed by atoms with van der Waals surface area (Å²) in [5.41, 5.74) is 0.601. The maximum atomic E-state index is 10.9. The summed E-state index contributed by atoms with van der Waals surface area (Å²) in [4.78, 5) is 15.0. The number of aliphatic imine (C=N–C) groups is 1. The van der Waals surface area contributed by atoms with Crippen molar-refractivity contribution in [2.75, 3.05) is 13.1 Å². The van der Waals surface area contributed by atoms with E-state index in [0.29, 0.717) is 11.6 Å². The van der Waals surface area contributed by atoms with Gasteiger partial charge in [-0.3, -0.25) is 9.79 Å². The first-order valence-electron chi connectivity index (χ1n) is 3.49. The molecule has 3 heteroatoms. The minimum absolute atomic E-state index is 0.0237. The molecule has 10 heavy (non-hydrogen) atoms. The molecule has 1 amide bonds. The standard InChI is InChI=1S/C7H12N2O/c1-5-3-8-6(2)7(10)9-4-5/h5H,3-4H2,1-2H3,(H,9,10). The number of rotatable bonds is 0. The first-order valence-corrected chi connectivity index (χ1v) is 3.49. The van der Waals surface area contributed by atoms with Gasteiger partial charge in [-0.15, -0.1) is 0 Å². The lowest BCUT2D eigenvalue weighted by atomic mass is 10.2. The zero-order valence-corrected chi connectivity index (χ0v) is 6.35. The third-order valence-electron chi connectivity index (χ3n) is 1.58. The van der Waals surface area contributed by atoms with E-state index in [2.05, 4.69) is 17.2 Å². The maximum absolute atomic E-state index is 10.9. The molecule has 0 spiro atoms. The largest absolute Gasteiger partial charge is 0.351 e. The molecule has 1 unspecified atom stereocenters. The minimum Gasteiger partial charge on any atom is -0.351 e. The summed E-state index contributed by atoms with van der Waals surface area (Å²) in [6.07, 6.45) is 0. The minimum atomic E-state index is -0.0237. The van der Waals surface area contributed by atoms with Crippen molar-refractivity contribution in [1.29, 1.82) is 0 Å². The number of hydrogen-bond acceptors (Lipinski definition) is 2. The zero-order valence-electron chi connectivity index (χ0n) is 6.35. The quantitative estimate of drug-likeness (QED) is 0.513. The summed E-state index contributed by atoms with van der Waals surface area (Å²) in [7, 11) is 0. The number of nitrogens with zero attached hydrogens (tertiary/aromatic N) is 1. The molecule has 0 aromatic heterocycles. The van der Waals surface area contributed by atoms with E-state index in [0.717, 1.165) is 13.1 Å². The summed E-state index contributed by atoms with van der Waals surface area (Å²) in [6, 6.07) is 0. The van der Waals surface area contributed by atoms with Crippen LogP contribution in [-0.2, 0) is 4.79 Å². The van der Waals surface area contributed by atoms with Gasteiger partial charge in [-0.25, -0.2) is 0 Å². The third kappa shape index (κ3) is 1.56. The number of hydrogen-bond donors (Lipinski definition) is 1. The van der Waals surface area contributed by atoms with Crippen molar-refractivity contribution in [2.45, 2.75) is 13.8 Å². The molecule has 1 atom stereocenters. The van der Waals surface area contributed by atoms with Crippen LogP contribution in [0.4, 0.5) is 0 Å². The molecule has 0 radical (unpaired) electrons. The second-order valence-electron chi connectivity index (χ2n) is 2.74. The molecule has 1 heterocycles. The van der Waals surface area contributed by atoms with E-state index >= 15 is 0 Å². The first-order chi connectivity index (χ1) is 4.70. The van der Waals surface area contributed by atoms with Gasteiger partial charge in [0.25, 0.3) is 5.91 Å². The van der Waals surface area contributed by atoms with Crippen LogP contribution >= 0.6 is 0 Å². The second-order valence-corrected chi connectivity index (χ2v) is 2.74. The number of carbonyl (C=O) groups is 1. The average molecular weight is 140 g/mol. The molecule has 0 aromatic rings. The molecule has 0 saturated carbocycles. The molecule has 1 rings (SSSR count). The van der Waals surface area contributed by atoms with Gasteiger partial charge in [-0.2, -0.15) is 0 Å². The first kappa shape index (κ1) is 7.25. The molecule has 0 bridgehead atoms. The molecule has 1 N–H and O–H groups in total. The van der Waals surface area contributed by atoms with Crippen molar-refractivity contribution in [3.63, 3.8) is 0 Å². The van der Waals surface area contributed by atoms with Gasteiger partial charge in [-0.1, -0.05) is 6.92 Å². The summed E-state index contributed by atoms with van der Waals surface area (Å²) < 4.78 is 0. The second kappa shape index (κ2) is 2.82. The van der Waals surface area contributed by atoms with Crippen molar-refractivity contribution in [3.8, 4) is 0 Å². The zero-order chi connectivity index (χ0) is 7.56. The van der Waals surface area contributed by atoms with Crippen LogP contribution in [0.5, 0.6) is 0 Å². The van der Waals surface area contributed by atoms with Gasteiger partial charge in [-0.05, 0) is 12.8 Å². The summed E-state index contributed by atoms with van der Waals surface area (Å²) >= 11 is 0. The highest BCUT2D eigenvalue weighted by molar-refractivity contribution is 6.38. The molecule has 0 saturated heterocycles. The Balaban J connectivity index is 2.64. The third-order valence-corrected chi connectivity index (χ3v) is 1.58. The highest BCUT2D eigenvalue weighted by Crippen LogP contribution is 1.97. The monoisotopic (exact) mass is 140 g/mol. The summed E-state index contributed by atoms with van der Waals surface area (Å²) in [6.45, 7) is 5.33. The SMILES string of the molecule is CC1=NCC(C)CNC1=O. The summed E-state index contributed by atoms with van der Waals surface area (Å²) in [5.74, 6) is 0.450. The van der Waals surface area contributed by atoms with Crippen LogP contribution in [0.25, 0.3) is 0 Å². The fraction of sp³-hybridized carbons (Fsp3) is 0.714. The van der Waals surface area contributed by atoms with Gasteiger partial charge >= 0.3 is 0 Å². The number of amides is 1. The molecular weight excluding hydrogens is 128 g/mol. The Kier molecular flexibility index (Phi) is 2.04. The Labute approximate surface area is 60.5 Å². The van der Waals surface area contributed by atoms with Gasteiger partial charge in [0, 0.05) is 13.1 Å². The van der Waals surface area contributed by atoms with Crippen molar-refractivity contribution in [3.05, 3.63) is 0 Å². The van der Waals surface area contributed by atoms with Crippen LogP contribution in [0.1, 0.15) is 13.8 Å². The Bertz CT molecular complexity index is 174. The van der Waals surface area contributed by atoms with E-state index < -0.39 is 0 Å². The Morgan fingerprint density at radius 3 is 3.10 bits per heavy atom. The highest BCUT2D eigenvalue weighted by atomic mass is 16.1. The Morgan fingerprint density at radius 1 is 1.70 bits per heavy atom. The molecule has 0 fully saturated rings. The summed E-state index contributed by atoms with van der Waals surface area (Å²) in [5, 5.41) is 2.77. The van der Waals surface area contributed by atoms with Gasteiger partial charge in [0.1, 0.15) is 0 Å². The van der Waals surface area contributed by atoms with E-state index in [4.69, 9.17) is 0 Å². The number of carbonyl (C=O) groups excluding carboxylic acids is 1. The fourth-order valence-corrected chi connectivity index (χ4v) is 0.824. The molecule has 3 nitrogen and oxygen atoms in total. The van der Waals surface area contributed by atoms with E-state index in [-0.39, 0.29) is 5.91 Å². The molecule has 1 aliphatic rings. The average Bonchev–Trinajstić information content (AvgIpc) is 2.04. The lowest BCUT2D eigenvalue weighted by Crippen LogP contribution is -2.30. The van der Waals surface area contributed by atoms with Gasteiger partial charge in [0.2, 0.25) is 0 Å². The van der Waals surface area contributed by atoms with Crippen LogP contribution in [0, 0.1) is 5.92 Å². The van der Waals surface area contributed by atoms with E-state index in [9.17, 15) is 4.79 Å². The Hall–Kier alpha value is -0.860. The predicted molar refractivity (Wildman–Crippen MR) is 40.1 cm³/mol. The van der Waals surface area contributed by atoms with Crippen LogP contribution < -0.4 is 5.32 Å². The van der Waals surface area contributed by atoms with E-state index in [1.807, 2.05) is 0 Å². The van der Waals surface area contributed by atoms with Crippen LogP contribution in [0.3, 0.4) is 0 Å². The van der Waals surface area contributed by atoms with Gasteiger partial charge in [0.15, 0.2) is 0 Å². The molecule has 56 valence electrons. The van der Waals surface area contributed by atoms with Gasteiger partial charge in [0.05, 0.1) is 5.71 Å². The highest BCUT2D eigenvalue weighted by Gasteiger charge is 2.11. The topological polar surface area (TPSA) is 41.5 Å². The van der Waals surface area contributed by atoms with Crippen LogP contribution in [-0.4, -0.2) is 24.7 Å². The normalized spacial score (nSPS) is 26.8. The molecule has 1 aliphatic heterocycles. The van der Waals surface area contributed by atoms with E-state index in [1.54, 1.807) is 6.92 Å². The van der Waals surface area contributed by atoms with Crippen molar-refractivity contribution >= 4 is 11.6 Å².